The van der Waals surface area contributed by atoms with Crippen molar-refractivity contribution in [1.29, 1.82) is 0 Å². The minimum absolute atomic E-state index is 0.204. The van der Waals surface area contributed by atoms with Crippen molar-refractivity contribution >= 4 is 22.3 Å². The van der Waals surface area contributed by atoms with E-state index in [1.807, 2.05) is 18.2 Å². The second kappa shape index (κ2) is 4.48. The van der Waals surface area contributed by atoms with E-state index < -0.39 is 0 Å². The molecule has 3 nitrogen and oxygen atoms in total. The minimum Gasteiger partial charge on any atom is -0.397 e. The predicted octanol–water partition coefficient (Wildman–Crippen LogP) is 3.66. The zero-order valence-electron chi connectivity index (χ0n) is 11.5. The van der Waals surface area contributed by atoms with E-state index in [1.54, 1.807) is 6.20 Å². The van der Waals surface area contributed by atoms with E-state index in [9.17, 15) is 0 Å². The number of anilines is 2. The van der Waals surface area contributed by atoms with Crippen molar-refractivity contribution in [3.05, 3.63) is 30.5 Å². The number of hydrogen-bond donors (Lipinski definition) is 2. The average molecular weight is 243 g/mol. The predicted molar refractivity (Wildman–Crippen MR) is 78.7 cm³/mol. The van der Waals surface area contributed by atoms with Crippen LogP contribution in [0.4, 0.5) is 11.4 Å². The van der Waals surface area contributed by atoms with Crippen molar-refractivity contribution in [3.8, 4) is 0 Å². The fourth-order valence-corrected chi connectivity index (χ4v) is 1.77. The van der Waals surface area contributed by atoms with Crippen molar-refractivity contribution < 1.29 is 0 Å². The number of hydrogen-bond acceptors (Lipinski definition) is 3. The molecule has 1 unspecified atom stereocenters. The van der Waals surface area contributed by atoms with Crippen LogP contribution in [0.25, 0.3) is 10.9 Å². The monoisotopic (exact) mass is 243 g/mol. The first-order valence-electron chi connectivity index (χ1n) is 6.29. The summed E-state index contributed by atoms with van der Waals surface area (Å²) in [6.45, 7) is 8.87. The quantitative estimate of drug-likeness (QED) is 0.791. The third-order valence-electron chi connectivity index (χ3n) is 3.47. The van der Waals surface area contributed by atoms with Gasteiger partial charge >= 0.3 is 0 Å². The number of para-hydroxylation sites is 1. The van der Waals surface area contributed by atoms with Gasteiger partial charge in [0.1, 0.15) is 0 Å². The zero-order valence-corrected chi connectivity index (χ0v) is 11.5. The molecule has 1 heterocycles. The summed E-state index contributed by atoms with van der Waals surface area (Å²) in [4.78, 5) is 4.35. The number of nitrogen functional groups attached to an aromatic ring is 1. The first-order chi connectivity index (χ1) is 8.39. The molecule has 2 rings (SSSR count). The molecule has 3 heteroatoms. The maximum absolute atomic E-state index is 5.95. The first-order valence-corrected chi connectivity index (χ1v) is 6.29. The van der Waals surface area contributed by atoms with Gasteiger partial charge in [0.25, 0.3) is 0 Å². The number of fused-ring (bicyclic) bond motifs is 1. The molecule has 96 valence electrons. The van der Waals surface area contributed by atoms with Gasteiger partial charge in [0.05, 0.1) is 11.2 Å². The topological polar surface area (TPSA) is 50.9 Å². The van der Waals surface area contributed by atoms with Gasteiger partial charge in [-0.3, -0.25) is 4.98 Å². The van der Waals surface area contributed by atoms with E-state index in [0.29, 0.717) is 6.04 Å². The molecule has 0 spiro atoms. The lowest BCUT2D eigenvalue weighted by Gasteiger charge is -2.29. The largest absolute Gasteiger partial charge is 0.397 e. The Kier molecular flexibility index (Phi) is 3.16. The molecule has 1 aromatic heterocycles. The van der Waals surface area contributed by atoms with Crippen molar-refractivity contribution in [2.24, 2.45) is 5.41 Å². The molecule has 2 aromatic rings. The van der Waals surface area contributed by atoms with Gasteiger partial charge in [0.15, 0.2) is 0 Å². The van der Waals surface area contributed by atoms with Crippen molar-refractivity contribution in [1.82, 2.24) is 4.98 Å². The second-order valence-corrected chi connectivity index (χ2v) is 5.83. The number of aromatic nitrogens is 1. The highest BCUT2D eigenvalue weighted by Crippen LogP contribution is 2.29. The lowest BCUT2D eigenvalue weighted by molar-refractivity contribution is 0.359. The minimum atomic E-state index is 0.204. The van der Waals surface area contributed by atoms with Gasteiger partial charge in [-0.25, -0.2) is 0 Å². The Bertz CT molecular complexity index is 555. The van der Waals surface area contributed by atoms with Crippen molar-refractivity contribution in [2.45, 2.75) is 33.7 Å². The molecule has 0 fully saturated rings. The van der Waals surface area contributed by atoms with Gasteiger partial charge in [-0.2, -0.15) is 0 Å². The summed E-state index contributed by atoms with van der Waals surface area (Å²) in [5.74, 6) is 0. The van der Waals surface area contributed by atoms with Crippen LogP contribution in [0.15, 0.2) is 30.5 Å². The molecule has 0 radical (unpaired) electrons. The van der Waals surface area contributed by atoms with Crippen LogP contribution in [0, 0.1) is 5.41 Å². The number of rotatable bonds is 2. The molecule has 3 N–H and O–H groups in total. The van der Waals surface area contributed by atoms with Crippen LogP contribution in [0.5, 0.6) is 0 Å². The fourth-order valence-electron chi connectivity index (χ4n) is 1.77. The lowest BCUT2D eigenvalue weighted by Crippen LogP contribution is -2.30. The Morgan fingerprint density at radius 1 is 1.22 bits per heavy atom. The molecule has 0 amide bonds. The van der Waals surface area contributed by atoms with Gasteiger partial charge in [0.2, 0.25) is 0 Å². The molecule has 0 bridgehead atoms. The van der Waals surface area contributed by atoms with Gasteiger partial charge in [-0.1, -0.05) is 32.9 Å². The summed E-state index contributed by atoms with van der Waals surface area (Å²) in [5, 5.41) is 4.63. The van der Waals surface area contributed by atoms with Crippen LogP contribution in [-0.2, 0) is 0 Å². The normalized spacial score (nSPS) is 13.6. The summed E-state index contributed by atoms with van der Waals surface area (Å²) in [7, 11) is 0. The lowest BCUT2D eigenvalue weighted by atomic mass is 9.88. The fraction of sp³-hybridized carbons (Fsp3) is 0.400. The van der Waals surface area contributed by atoms with Crippen molar-refractivity contribution in [2.75, 3.05) is 11.1 Å². The number of nitrogens with zero attached hydrogens (tertiary/aromatic N) is 1. The maximum Gasteiger partial charge on any atom is 0.0951 e. The van der Waals surface area contributed by atoms with Gasteiger partial charge in [0, 0.05) is 23.3 Å². The van der Waals surface area contributed by atoms with E-state index in [4.69, 9.17) is 5.73 Å². The highest BCUT2D eigenvalue weighted by atomic mass is 14.9. The molecule has 0 aliphatic carbocycles. The summed E-state index contributed by atoms with van der Waals surface area (Å²) in [6.07, 6.45) is 1.80. The molecule has 0 saturated carbocycles. The number of nitrogens with two attached hydrogens (primary N) is 1. The summed E-state index contributed by atoms with van der Waals surface area (Å²) < 4.78 is 0. The Balaban J connectivity index is 2.43. The van der Waals surface area contributed by atoms with Crippen LogP contribution in [0.1, 0.15) is 27.7 Å². The SMILES string of the molecule is CC(Nc1ccnc2c(N)cccc12)C(C)(C)C. The molecule has 18 heavy (non-hydrogen) atoms. The number of benzene rings is 1. The maximum atomic E-state index is 5.95. The number of nitrogens with one attached hydrogen (secondary N) is 1. The van der Waals surface area contributed by atoms with Crippen molar-refractivity contribution in [3.63, 3.8) is 0 Å². The highest BCUT2D eigenvalue weighted by molar-refractivity contribution is 5.97. The molecular formula is C15H21N3. The van der Waals surface area contributed by atoms with E-state index in [1.165, 1.54) is 0 Å². The molecular weight excluding hydrogens is 222 g/mol. The van der Waals surface area contributed by atoms with E-state index >= 15 is 0 Å². The second-order valence-electron chi connectivity index (χ2n) is 5.83. The van der Waals surface area contributed by atoms with Gasteiger partial charge < -0.3 is 11.1 Å². The first kappa shape index (κ1) is 12.7. The Hall–Kier alpha value is -1.77. The Morgan fingerprint density at radius 3 is 2.61 bits per heavy atom. The molecule has 1 atom stereocenters. The molecule has 0 saturated heterocycles. The Morgan fingerprint density at radius 2 is 1.94 bits per heavy atom. The standard InChI is InChI=1S/C15H21N3/c1-10(15(2,3)4)18-13-8-9-17-14-11(13)6-5-7-12(14)16/h5-10H,16H2,1-4H3,(H,17,18). The third kappa shape index (κ3) is 2.40. The summed E-state index contributed by atoms with van der Waals surface area (Å²) in [5.41, 5.74) is 8.83. The van der Waals surface area contributed by atoms with Crippen LogP contribution in [-0.4, -0.2) is 11.0 Å². The summed E-state index contributed by atoms with van der Waals surface area (Å²) in [6, 6.07) is 8.27. The van der Waals surface area contributed by atoms with Crippen LogP contribution in [0.3, 0.4) is 0 Å². The van der Waals surface area contributed by atoms with Gasteiger partial charge in [-0.05, 0) is 24.5 Å². The molecule has 1 aromatic carbocycles. The van der Waals surface area contributed by atoms with Crippen LogP contribution < -0.4 is 11.1 Å². The zero-order chi connectivity index (χ0) is 13.3. The smallest absolute Gasteiger partial charge is 0.0951 e. The van der Waals surface area contributed by atoms with Crippen LogP contribution in [0.2, 0.25) is 0 Å². The molecule has 0 aliphatic rings. The third-order valence-corrected chi connectivity index (χ3v) is 3.47. The summed E-state index contributed by atoms with van der Waals surface area (Å²) >= 11 is 0. The average Bonchev–Trinajstić information content (AvgIpc) is 2.29. The molecule has 0 aliphatic heterocycles. The van der Waals surface area contributed by atoms with Crippen LogP contribution >= 0.6 is 0 Å². The van der Waals surface area contributed by atoms with E-state index in [-0.39, 0.29) is 5.41 Å². The number of pyridine rings is 1. The van der Waals surface area contributed by atoms with E-state index in [2.05, 4.69) is 44.1 Å². The van der Waals surface area contributed by atoms with E-state index in [0.717, 1.165) is 22.3 Å². The van der Waals surface area contributed by atoms with Gasteiger partial charge in [-0.15, -0.1) is 0 Å². The Labute approximate surface area is 108 Å². The highest BCUT2D eigenvalue weighted by Gasteiger charge is 2.20.